The van der Waals surface area contributed by atoms with E-state index in [-0.39, 0.29) is 31.1 Å². The van der Waals surface area contributed by atoms with Crippen molar-refractivity contribution in [1.29, 1.82) is 0 Å². The van der Waals surface area contributed by atoms with Gasteiger partial charge in [-0.05, 0) is 77.0 Å². The number of rotatable bonds is 64. The first-order chi connectivity index (χ1) is 38.5. The minimum absolute atomic E-state index is 0.0775. The van der Waals surface area contributed by atoms with Crippen LogP contribution in [0.4, 0.5) is 0 Å². The first-order valence-electron chi connectivity index (χ1n) is 34.6. The summed E-state index contributed by atoms with van der Waals surface area (Å²) in [6.07, 6.45) is 84.3. The molecular formula is C72H132O6. The summed E-state index contributed by atoms with van der Waals surface area (Å²) < 4.78 is 16.9. The van der Waals surface area contributed by atoms with Crippen molar-refractivity contribution in [3.63, 3.8) is 0 Å². The maximum absolute atomic E-state index is 12.9. The lowest BCUT2D eigenvalue weighted by Gasteiger charge is -2.18. The molecule has 0 saturated heterocycles. The third kappa shape index (κ3) is 64.2. The smallest absolute Gasteiger partial charge is 0.306 e. The standard InChI is InChI=1S/C72H132O6/c1-4-7-10-13-16-19-22-25-27-29-31-32-33-34-35-36-37-38-39-40-41-43-44-47-50-53-56-59-62-65-71(74)77-68-69(67-76-70(73)64-61-58-55-52-49-46-24-21-18-15-12-9-6-3)78-72(75)66-63-60-57-54-51-48-45-42-30-28-26-23-20-17-14-11-8-5-2/h12,15,20-21,23-24,28,30,69H,4-11,13-14,16-19,22,25-27,29,31-68H2,1-3H3/b15-12-,23-20-,24-21-,30-28-. The Morgan fingerprint density at radius 2 is 0.487 bits per heavy atom. The molecule has 0 aliphatic rings. The highest BCUT2D eigenvalue weighted by molar-refractivity contribution is 5.71. The zero-order valence-electron chi connectivity index (χ0n) is 52.5. The molecule has 0 bridgehead atoms. The second-order valence-corrected chi connectivity index (χ2v) is 23.4. The average molecular weight is 1090 g/mol. The highest BCUT2D eigenvalue weighted by atomic mass is 16.6. The van der Waals surface area contributed by atoms with E-state index in [0.29, 0.717) is 19.3 Å². The molecule has 0 N–H and O–H groups in total. The first-order valence-corrected chi connectivity index (χ1v) is 34.6. The molecule has 6 nitrogen and oxygen atoms in total. The predicted octanol–water partition coefficient (Wildman–Crippen LogP) is 23.7. The topological polar surface area (TPSA) is 78.9 Å². The van der Waals surface area contributed by atoms with Crippen molar-refractivity contribution >= 4 is 17.9 Å². The number of esters is 3. The van der Waals surface area contributed by atoms with Crippen molar-refractivity contribution in [1.82, 2.24) is 0 Å². The predicted molar refractivity (Wildman–Crippen MR) is 339 cm³/mol. The lowest BCUT2D eigenvalue weighted by Crippen LogP contribution is -2.30. The summed E-state index contributed by atoms with van der Waals surface area (Å²) in [5, 5.41) is 0. The molecule has 0 aliphatic heterocycles. The Labute approximate surface area is 486 Å². The molecular weight excluding hydrogens is 961 g/mol. The molecule has 0 spiro atoms. The van der Waals surface area contributed by atoms with Crippen LogP contribution in [0.5, 0.6) is 0 Å². The Balaban J connectivity index is 4.18. The van der Waals surface area contributed by atoms with Crippen LogP contribution in [0.15, 0.2) is 48.6 Å². The molecule has 1 unspecified atom stereocenters. The summed E-state index contributed by atoms with van der Waals surface area (Å²) in [5.41, 5.74) is 0. The van der Waals surface area contributed by atoms with Crippen LogP contribution in [0.3, 0.4) is 0 Å². The van der Waals surface area contributed by atoms with E-state index in [2.05, 4.69) is 69.4 Å². The highest BCUT2D eigenvalue weighted by Gasteiger charge is 2.19. The van der Waals surface area contributed by atoms with Crippen LogP contribution in [0.1, 0.15) is 374 Å². The Kier molecular flexibility index (Phi) is 64.6. The van der Waals surface area contributed by atoms with Gasteiger partial charge in [0.05, 0.1) is 0 Å². The van der Waals surface area contributed by atoms with Gasteiger partial charge in [0.15, 0.2) is 6.10 Å². The zero-order chi connectivity index (χ0) is 56.4. The van der Waals surface area contributed by atoms with E-state index in [1.807, 2.05) is 0 Å². The second-order valence-electron chi connectivity index (χ2n) is 23.4. The van der Waals surface area contributed by atoms with Crippen molar-refractivity contribution in [2.24, 2.45) is 0 Å². The number of carbonyl (C=O) groups is 3. The lowest BCUT2D eigenvalue weighted by molar-refractivity contribution is -0.167. The van der Waals surface area contributed by atoms with Crippen LogP contribution >= 0.6 is 0 Å². The monoisotopic (exact) mass is 1090 g/mol. The molecule has 1 atom stereocenters. The molecule has 0 heterocycles. The van der Waals surface area contributed by atoms with Crippen LogP contribution in [0, 0.1) is 0 Å². The van der Waals surface area contributed by atoms with Crippen molar-refractivity contribution < 1.29 is 28.6 Å². The van der Waals surface area contributed by atoms with E-state index >= 15 is 0 Å². The van der Waals surface area contributed by atoms with E-state index in [1.54, 1.807) is 0 Å². The maximum Gasteiger partial charge on any atom is 0.306 e. The number of hydrogen-bond donors (Lipinski definition) is 0. The van der Waals surface area contributed by atoms with Gasteiger partial charge in [0.1, 0.15) is 13.2 Å². The fourth-order valence-electron chi connectivity index (χ4n) is 10.3. The molecule has 0 aliphatic carbocycles. The van der Waals surface area contributed by atoms with Gasteiger partial charge < -0.3 is 14.2 Å². The molecule has 0 aromatic rings. The van der Waals surface area contributed by atoms with Crippen LogP contribution in [0.2, 0.25) is 0 Å². The Bertz CT molecular complexity index is 1350. The third-order valence-electron chi connectivity index (χ3n) is 15.5. The Hall–Kier alpha value is -2.63. The van der Waals surface area contributed by atoms with Crippen molar-refractivity contribution in [3.8, 4) is 0 Å². The van der Waals surface area contributed by atoms with Gasteiger partial charge in [0.25, 0.3) is 0 Å². The number of unbranched alkanes of at least 4 members (excludes halogenated alkanes) is 45. The van der Waals surface area contributed by atoms with Crippen LogP contribution in [0.25, 0.3) is 0 Å². The Morgan fingerprint density at radius 3 is 0.769 bits per heavy atom. The second kappa shape index (κ2) is 66.9. The molecule has 0 saturated carbocycles. The summed E-state index contributed by atoms with van der Waals surface area (Å²) in [6, 6.07) is 0. The number of hydrogen-bond acceptors (Lipinski definition) is 6. The number of ether oxygens (including phenoxy) is 3. The van der Waals surface area contributed by atoms with Gasteiger partial charge in [-0.25, -0.2) is 0 Å². The molecule has 0 aromatic heterocycles. The van der Waals surface area contributed by atoms with E-state index < -0.39 is 6.10 Å². The largest absolute Gasteiger partial charge is 0.462 e. The highest BCUT2D eigenvalue weighted by Crippen LogP contribution is 2.18. The lowest BCUT2D eigenvalue weighted by atomic mass is 10.0. The van der Waals surface area contributed by atoms with E-state index in [4.69, 9.17) is 14.2 Å². The molecule has 456 valence electrons. The minimum atomic E-state index is -0.783. The van der Waals surface area contributed by atoms with E-state index in [9.17, 15) is 14.4 Å². The Morgan fingerprint density at radius 1 is 0.256 bits per heavy atom. The van der Waals surface area contributed by atoms with Crippen molar-refractivity contribution in [2.45, 2.75) is 380 Å². The normalized spacial score (nSPS) is 12.3. The summed E-state index contributed by atoms with van der Waals surface area (Å²) in [5.74, 6) is -0.878. The molecule has 0 amide bonds. The zero-order valence-corrected chi connectivity index (χ0v) is 52.5. The SMILES string of the molecule is CCC/C=C\C/C=C\CCCCCCCC(=O)OCC(COC(=O)CCCCCCCCCCCCCCCCCCCCCCCCCCCCCCC)OC(=O)CCCCCCCCC/C=C\C/C=C\CCCCCC. The van der Waals surface area contributed by atoms with Crippen LogP contribution in [-0.4, -0.2) is 37.2 Å². The van der Waals surface area contributed by atoms with Gasteiger partial charge in [-0.1, -0.05) is 326 Å². The van der Waals surface area contributed by atoms with Gasteiger partial charge in [-0.2, -0.15) is 0 Å². The maximum atomic E-state index is 12.9. The van der Waals surface area contributed by atoms with E-state index in [1.165, 1.54) is 238 Å². The van der Waals surface area contributed by atoms with Crippen molar-refractivity contribution in [3.05, 3.63) is 48.6 Å². The summed E-state index contributed by atoms with van der Waals surface area (Å²) >= 11 is 0. The molecule has 0 radical (unpaired) electrons. The number of carbonyl (C=O) groups excluding carboxylic acids is 3. The van der Waals surface area contributed by atoms with Crippen molar-refractivity contribution in [2.75, 3.05) is 13.2 Å². The van der Waals surface area contributed by atoms with Gasteiger partial charge in [0.2, 0.25) is 0 Å². The van der Waals surface area contributed by atoms with Gasteiger partial charge in [-0.3, -0.25) is 14.4 Å². The van der Waals surface area contributed by atoms with Gasteiger partial charge in [0, 0.05) is 19.3 Å². The molecule has 78 heavy (non-hydrogen) atoms. The number of allylic oxidation sites excluding steroid dienone is 8. The molecule has 6 heteroatoms. The summed E-state index contributed by atoms with van der Waals surface area (Å²) in [7, 11) is 0. The third-order valence-corrected chi connectivity index (χ3v) is 15.5. The summed E-state index contributed by atoms with van der Waals surface area (Å²) in [4.78, 5) is 38.3. The van der Waals surface area contributed by atoms with Gasteiger partial charge >= 0.3 is 17.9 Å². The first kappa shape index (κ1) is 75.4. The fraction of sp³-hybridized carbons (Fsp3) is 0.847. The van der Waals surface area contributed by atoms with Crippen LogP contribution < -0.4 is 0 Å². The molecule has 0 fully saturated rings. The summed E-state index contributed by atoms with van der Waals surface area (Å²) in [6.45, 7) is 6.60. The molecule has 0 rings (SSSR count). The van der Waals surface area contributed by atoms with Gasteiger partial charge in [-0.15, -0.1) is 0 Å². The fourth-order valence-corrected chi connectivity index (χ4v) is 10.3. The quantitative estimate of drug-likeness (QED) is 0.0261. The molecule has 0 aromatic carbocycles. The minimum Gasteiger partial charge on any atom is -0.462 e. The average Bonchev–Trinajstić information content (AvgIpc) is 3.44. The van der Waals surface area contributed by atoms with Crippen LogP contribution in [-0.2, 0) is 28.6 Å². The van der Waals surface area contributed by atoms with E-state index in [0.717, 1.165) is 96.3 Å².